The van der Waals surface area contributed by atoms with Crippen LogP contribution in [0.1, 0.15) is 20.7 Å². The molecule has 0 spiro atoms. The number of primary amides is 1. The minimum Gasteiger partial charge on any atom is -0.497 e. The SMILES string of the molecule is COc1ccc(-c2cnc(-c3ccccc3C(=O)Nc3ccc(C(N)=O)cc3)o2)cc1. The van der Waals surface area contributed by atoms with Crippen molar-refractivity contribution in [2.75, 3.05) is 12.4 Å². The molecule has 4 rings (SSSR count). The van der Waals surface area contributed by atoms with Crippen molar-refractivity contribution < 1.29 is 18.7 Å². The zero-order chi connectivity index (χ0) is 21.8. The maximum atomic E-state index is 12.9. The highest BCUT2D eigenvalue weighted by Crippen LogP contribution is 2.29. The summed E-state index contributed by atoms with van der Waals surface area (Å²) in [4.78, 5) is 28.5. The Balaban J connectivity index is 1.59. The third-order valence-electron chi connectivity index (χ3n) is 4.71. The molecule has 2 amide bonds. The summed E-state index contributed by atoms with van der Waals surface area (Å²) in [5, 5.41) is 2.81. The van der Waals surface area contributed by atoms with E-state index in [9.17, 15) is 9.59 Å². The van der Waals surface area contributed by atoms with Crippen molar-refractivity contribution in [1.29, 1.82) is 0 Å². The maximum Gasteiger partial charge on any atom is 0.256 e. The van der Waals surface area contributed by atoms with Crippen molar-refractivity contribution in [3.05, 3.63) is 90.1 Å². The van der Waals surface area contributed by atoms with Crippen molar-refractivity contribution in [3.63, 3.8) is 0 Å². The van der Waals surface area contributed by atoms with Gasteiger partial charge in [-0.05, 0) is 60.7 Å². The Labute approximate surface area is 178 Å². The van der Waals surface area contributed by atoms with E-state index in [0.717, 1.165) is 11.3 Å². The molecule has 0 bridgehead atoms. The van der Waals surface area contributed by atoms with Gasteiger partial charge in [0.05, 0.1) is 18.9 Å². The summed E-state index contributed by atoms with van der Waals surface area (Å²) < 4.78 is 11.1. The summed E-state index contributed by atoms with van der Waals surface area (Å²) in [6.45, 7) is 0. The Morgan fingerprint density at radius 2 is 1.68 bits per heavy atom. The van der Waals surface area contributed by atoms with Gasteiger partial charge >= 0.3 is 0 Å². The first kappa shape index (κ1) is 19.9. The molecular weight excluding hydrogens is 394 g/mol. The highest BCUT2D eigenvalue weighted by atomic mass is 16.5. The topological polar surface area (TPSA) is 107 Å². The summed E-state index contributed by atoms with van der Waals surface area (Å²) in [5.74, 6) is 0.802. The second kappa shape index (κ2) is 8.54. The zero-order valence-corrected chi connectivity index (χ0v) is 16.7. The van der Waals surface area contributed by atoms with E-state index in [1.165, 1.54) is 0 Å². The van der Waals surface area contributed by atoms with Gasteiger partial charge in [0.2, 0.25) is 11.8 Å². The van der Waals surface area contributed by atoms with Crippen molar-refractivity contribution >= 4 is 17.5 Å². The molecule has 3 N–H and O–H groups in total. The Morgan fingerprint density at radius 3 is 2.35 bits per heavy atom. The summed E-state index contributed by atoms with van der Waals surface area (Å²) in [7, 11) is 1.61. The maximum absolute atomic E-state index is 12.9. The molecular formula is C24H19N3O4. The summed E-state index contributed by atoms with van der Waals surface area (Å²) >= 11 is 0. The van der Waals surface area contributed by atoms with Crippen LogP contribution < -0.4 is 15.8 Å². The molecule has 31 heavy (non-hydrogen) atoms. The van der Waals surface area contributed by atoms with E-state index >= 15 is 0 Å². The molecule has 0 aliphatic heterocycles. The van der Waals surface area contributed by atoms with Gasteiger partial charge in [-0.25, -0.2) is 4.98 Å². The number of nitrogens with zero attached hydrogens (tertiary/aromatic N) is 1. The van der Waals surface area contributed by atoms with Gasteiger partial charge in [-0.1, -0.05) is 12.1 Å². The van der Waals surface area contributed by atoms with E-state index in [2.05, 4.69) is 10.3 Å². The third kappa shape index (κ3) is 4.30. The van der Waals surface area contributed by atoms with Crippen LogP contribution in [0.2, 0.25) is 0 Å². The van der Waals surface area contributed by atoms with E-state index in [1.807, 2.05) is 30.3 Å². The molecule has 0 saturated heterocycles. The van der Waals surface area contributed by atoms with Crippen LogP contribution in [0.3, 0.4) is 0 Å². The van der Waals surface area contributed by atoms with Gasteiger partial charge in [0.1, 0.15) is 5.75 Å². The van der Waals surface area contributed by atoms with Gasteiger partial charge in [-0.3, -0.25) is 9.59 Å². The lowest BCUT2D eigenvalue weighted by atomic mass is 10.1. The van der Waals surface area contributed by atoms with Crippen LogP contribution in [0.25, 0.3) is 22.8 Å². The van der Waals surface area contributed by atoms with E-state index < -0.39 is 5.91 Å². The first-order valence-corrected chi connectivity index (χ1v) is 9.46. The number of rotatable bonds is 6. The molecule has 0 saturated carbocycles. The van der Waals surface area contributed by atoms with Crippen molar-refractivity contribution in [1.82, 2.24) is 4.98 Å². The predicted molar refractivity (Wildman–Crippen MR) is 117 cm³/mol. The fourth-order valence-electron chi connectivity index (χ4n) is 3.07. The first-order chi connectivity index (χ1) is 15.0. The number of methoxy groups -OCH3 is 1. The molecule has 4 aromatic rings. The number of benzene rings is 3. The highest BCUT2D eigenvalue weighted by Gasteiger charge is 2.17. The molecule has 0 atom stereocenters. The van der Waals surface area contributed by atoms with E-state index in [4.69, 9.17) is 14.9 Å². The van der Waals surface area contributed by atoms with Crippen molar-refractivity contribution in [3.8, 4) is 28.5 Å². The number of amides is 2. The Kier molecular flexibility index (Phi) is 5.49. The molecule has 1 aromatic heterocycles. The first-order valence-electron chi connectivity index (χ1n) is 9.46. The second-order valence-corrected chi connectivity index (χ2v) is 6.70. The molecule has 0 fully saturated rings. The number of carbonyl (C=O) groups excluding carboxylic acids is 2. The molecule has 0 radical (unpaired) electrons. The van der Waals surface area contributed by atoms with Gasteiger partial charge in [0.15, 0.2) is 5.76 Å². The Bertz CT molecular complexity index is 1230. The molecule has 154 valence electrons. The number of ether oxygens (including phenoxy) is 1. The third-order valence-corrected chi connectivity index (χ3v) is 4.71. The van der Waals surface area contributed by atoms with Gasteiger partial charge in [-0.2, -0.15) is 0 Å². The number of carbonyl (C=O) groups is 2. The average Bonchev–Trinajstić information content (AvgIpc) is 3.29. The standard InChI is InChI=1S/C24H19N3O4/c1-30-18-12-8-15(9-13-18)21-14-26-24(31-21)20-5-3-2-4-19(20)23(29)27-17-10-6-16(7-11-17)22(25)28/h2-14H,1H3,(H2,25,28)(H,27,29). The van der Waals surface area contributed by atoms with Crippen molar-refractivity contribution in [2.45, 2.75) is 0 Å². The molecule has 7 heteroatoms. The van der Waals surface area contributed by atoms with Gasteiger partial charge < -0.3 is 20.2 Å². The average molecular weight is 413 g/mol. The molecule has 7 nitrogen and oxygen atoms in total. The van der Waals surface area contributed by atoms with Crippen LogP contribution in [0.15, 0.2) is 83.4 Å². The zero-order valence-electron chi connectivity index (χ0n) is 16.7. The smallest absolute Gasteiger partial charge is 0.256 e. The fourth-order valence-corrected chi connectivity index (χ4v) is 3.07. The molecule has 0 unspecified atom stereocenters. The van der Waals surface area contributed by atoms with Crippen LogP contribution in [-0.2, 0) is 0 Å². The van der Waals surface area contributed by atoms with Crippen LogP contribution in [0, 0.1) is 0 Å². The number of hydrogen-bond acceptors (Lipinski definition) is 5. The van der Waals surface area contributed by atoms with Gasteiger partial charge in [0.25, 0.3) is 5.91 Å². The van der Waals surface area contributed by atoms with Crippen molar-refractivity contribution in [2.24, 2.45) is 5.73 Å². The summed E-state index contributed by atoms with van der Waals surface area (Å²) in [5.41, 5.74) is 7.97. The molecule has 0 aliphatic rings. The largest absolute Gasteiger partial charge is 0.497 e. The number of hydrogen-bond donors (Lipinski definition) is 2. The number of nitrogens with one attached hydrogen (secondary N) is 1. The fraction of sp³-hybridized carbons (Fsp3) is 0.0417. The Morgan fingerprint density at radius 1 is 0.968 bits per heavy atom. The number of anilines is 1. The highest BCUT2D eigenvalue weighted by molar-refractivity contribution is 6.08. The molecule has 0 aliphatic carbocycles. The minimum atomic E-state index is -0.528. The lowest BCUT2D eigenvalue weighted by Crippen LogP contribution is -2.14. The molecule has 1 heterocycles. The summed E-state index contributed by atoms with van der Waals surface area (Å²) in [6, 6.07) is 20.8. The van der Waals surface area contributed by atoms with Crippen LogP contribution in [-0.4, -0.2) is 23.9 Å². The van der Waals surface area contributed by atoms with Crippen LogP contribution >= 0.6 is 0 Å². The van der Waals surface area contributed by atoms with E-state index in [0.29, 0.717) is 34.0 Å². The van der Waals surface area contributed by atoms with E-state index in [-0.39, 0.29) is 5.91 Å². The lowest BCUT2D eigenvalue weighted by molar-refractivity contribution is 0.0998. The van der Waals surface area contributed by atoms with Crippen LogP contribution in [0.4, 0.5) is 5.69 Å². The monoisotopic (exact) mass is 413 g/mol. The Hall–Kier alpha value is -4.39. The quantitative estimate of drug-likeness (QED) is 0.488. The number of oxazole rings is 1. The molecule has 3 aromatic carbocycles. The lowest BCUT2D eigenvalue weighted by Gasteiger charge is -2.08. The summed E-state index contributed by atoms with van der Waals surface area (Å²) in [6.07, 6.45) is 1.62. The normalized spacial score (nSPS) is 10.5. The number of nitrogens with two attached hydrogens (primary N) is 1. The predicted octanol–water partition coefficient (Wildman–Crippen LogP) is 4.37. The second-order valence-electron chi connectivity index (χ2n) is 6.70. The minimum absolute atomic E-state index is 0.327. The van der Waals surface area contributed by atoms with Gasteiger partial charge in [-0.15, -0.1) is 0 Å². The van der Waals surface area contributed by atoms with Crippen LogP contribution in [0.5, 0.6) is 5.75 Å². The van der Waals surface area contributed by atoms with Gasteiger partial charge in [0, 0.05) is 22.4 Å². The number of aromatic nitrogens is 1. The van der Waals surface area contributed by atoms with E-state index in [1.54, 1.807) is 55.8 Å².